The highest BCUT2D eigenvalue weighted by Crippen LogP contribution is 2.27. The number of nitrogens with one attached hydrogen (secondary N) is 1. The highest BCUT2D eigenvalue weighted by molar-refractivity contribution is 9.10. The van der Waals surface area contributed by atoms with Gasteiger partial charge in [-0.3, -0.25) is 0 Å². The molecule has 0 amide bonds. The summed E-state index contributed by atoms with van der Waals surface area (Å²) in [5.74, 6) is 0. The molecule has 0 aromatic carbocycles. The SMILES string of the molecule is CC(CCO)NS(=O)(=O)c1sccc1Br. The molecule has 0 spiro atoms. The predicted octanol–water partition coefficient (Wildman–Crippen LogP) is 1.56. The summed E-state index contributed by atoms with van der Waals surface area (Å²) in [5, 5.41) is 10.4. The maximum atomic E-state index is 11.8. The van der Waals surface area contributed by atoms with E-state index in [4.69, 9.17) is 5.11 Å². The quantitative estimate of drug-likeness (QED) is 0.867. The van der Waals surface area contributed by atoms with Crippen LogP contribution >= 0.6 is 27.3 Å². The first kappa shape index (κ1) is 13.1. The Kier molecular flexibility index (Phi) is 4.72. The van der Waals surface area contributed by atoms with Gasteiger partial charge < -0.3 is 5.11 Å². The molecule has 0 aliphatic heterocycles. The lowest BCUT2D eigenvalue weighted by Crippen LogP contribution is -2.32. The molecule has 7 heteroatoms. The molecule has 4 nitrogen and oxygen atoms in total. The van der Waals surface area contributed by atoms with Crippen LogP contribution in [0.2, 0.25) is 0 Å². The van der Waals surface area contributed by atoms with Crippen molar-refractivity contribution in [1.82, 2.24) is 4.72 Å². The summed E-state index contributed by atoms with van der Waals surface area (Å²) < 4.78 is 26.9. The lowest BCUT2D eigenvalue weighted by Gasteiger charge is -2.11. The fraction of sp³-hybridized carbons (Fsp3) is 0.500. The minimum absolute atomic E-state index is 0.0324. The summed E-state index contributed by atoms with van der Waals surface area (Å²) in [6.45, 7) is 1.69. The highest BCUT2D eigenvalue weighted by atomic mass is 79.9. The predicted molar refractivity (Wildman–Crippen MR) is 63.5 cm³/mol. The molecule has 15 heavy (non-hydrogen) atoms. The maximum Gasteiger partial charge on any atom is 0.251 e. The lowest BCUT2D eigenvalue weighted by molar-refractivity contribution is 0.275. The summed E-state index contributed by atoms with van der Waals surface area (Å²) >= 11 is 4.33. The zero-order chi connectivity index (χ0) is 11.5. The molecule has 2 N–H and O–H groups in total. The Hall–Kier alpha value is 0.0500. The monoisotopic (exact) mass is 313 g/mol. The third-order valence-corrected chi connectivity index (χ3v) is 6.01. The van der Waals surface area contributed by atoms with Crippen LogP contribution in [-0.2, 0) is 10.0 Å². The van der Waals surface area contributed by atoms with Gasteiger partial charge in [-0.25, -0.2) is 13.1 Å². The van der Waals surface area contributed by atoms with Gasteiger partial charge in [0.1, 0.15) is 4.21 Å². The third-order valence-electron chi connectivity index (χ3n) is 1.75. The van der Waals surface area contributed by atoms with E-state index in [-0.39, 0.29) is 16.9 Å². The molecule has 86 valence electrons. The minimum Gasteiger partial charge on any atom is -0.396 e. The Morgan fingerprint density at radius 3 is 2.80 bits per heavy atom. The van der Waals surface area contributed by atoms with E-state index in [1.807, 2.05) is 0 Å². The second-order valence-corrected chi connectivity index (χ2v) is 6.77. The smallest absolute Gasteiger partial charge is 0.251 e. The van der Waals surface area contributed by atoms with E-state index < -0.39 is 10.0 Å². The van der Waals surface area contributed by atoms with Gasteiger partial charge in [-0.2, -0.15) is 0 Å². The molecule has 1 aromatic rings. The van der Waals surface area contributed by atoms with E-state index >= 15 is 0 Å². The Balaban J connectivity index is 2.81. The van der Waals surface area contributed by atoms with Crippen LogP contribution < -0.4 is 4.72 Å². The summed E-state index contributed by atoms with van der Waals surface area (Å²) in [4.78, 5) is 0. The first-order valence-corrected chi connectivity index (χ1v) is 7.49. The van der Waals surface area contributed by atoms with Crippen LogP contribution in [-0.4, -0.2) is 26.2 Å². The molecule has 0 radical (unpaired) electrons. The lowest BCUT2D eigenvalue weighted by atomic mass is 10.3. The van der Waals surface area contributed by atoms with Gasteiger partial charge in [-0.1, -0.05) is 0 Å². The van der Waals surface area contributed by atoms with Gasteiger partial charge in [0.25, 0.3) is 10.0 Å². The van der Waals surface area contributed by atoms with Gasteiger partial charge in [0, 0.05) is 17.1 Å². The first-order valence-electron chi connectivity index (χ1n) is 4.33. The molecule has 0 aliphatic rings. The van der Waals surface area contributed by atoms with Gasteiger partial charge in [-0.05, 0) is 40.7 Å². The zero-order valence-corrected chi connectivity index (χ0v) is 11.3. The van der Waals surface area contributed by atoms with Gasteiger partial charge in [-0.15, -0.1) is 11.3 Å². The second-order valence-electron chi connectivity index (χ2n) is 3.09. The van der Waals surface area contributed by atoms with Crippen molar-refractivity contribution in [3.8, 4) is 0 Å². The van der Waals surface area contributed by atoms with Crippen molar-refractivity contribution in [3.05, 3.63) is 15.9 Å². The topological polar surface area (TPSA) is 66.4 Å². The molecule has 1 heterocycles. The number of sulfonamides is 1. The van der Waals surface area contributed by atoms with Crippen LogP contribution in [0.5, 0.6) is 0 Å². The number of aliphatic hydroxyl groups excluding tert-OH is 1. The molecule has 1 atom stereocenters. The van der Waals surface area contributed by atoms with Gasteiger partial charge in [0.05, 0.1) is 0 Å². The first-order chi connectivity index (χ1) is 6.97. The molecule has 0 saturated carbocycles. The van der Waals surface area contributed by atoms with Crippen molar-refractivity contribution in [1.29, 1.82) is 0 Å². The summed E-state index contributed by atoms with van der Waals surface area (Å²) in [6, 6.07) is 1.42. The average Bonchev–Trinajstić information content (AvgIpc) is 2.51. The van der Waals surface area contributed by atoms with Gasteiger partial charge in [0.15, 0.2) is 0 Å². The van der Waals surface area contributed by atoms with E-state index in [9.17, 15) is 8.42 Å². The molecule has 1 aromatic heterocycles. The third kappa shape index (κ3) is 3.53. The van der Waals surface area contributed by atoms with Gasteiger partial charge >= 0.3 is 0 Å². The molecule has 0 aliphatic carbocycles. The number of hydrogen-bond donors (Lipinski definition) is 2. The summed E-state index contributed by atoms with van der Waals surface area (Å²) in [6.07, 6.45) is 0.405. The van der Waals surface area contributed by atoms with Crippen LogP contribution in [0.1, 0.15) is 13.3 Å². The van der Waals surface area contributed by atoms with Crippen LogP contribution in [0.3, 0.4) is 0 Å². The number of rotatable bonds is 5. The van der Waals surface area contributed by atoms with Gasteiger partial charge in [0.2, 0.25) is 0 Å². The molecule has 0 fully saturated rings. The van der Waals surface area contributed by atoms with Crippen molar-refractivity contribution in [2.24, 2.45) is 0 Å². The normalized spacial score (nSPS) is 14.1. The Labute approximate surface area is 102 Å². The van der Waals surface area contributed by atoms with E-state index in [2.05, 4.69) is 20.7 Å². The molecule has 0 bridgehead atoms. The van der Waals surface area contributed by atoms with Crippen LogP contribution in [0, 0.1) is 0 Å². The number of aliphatic hydroxyl groups is 1. The van der Waals surface area contributed by atoms with Crippen LogP contribution in [0.4, 0.5) is 0 Å². The van der Waals surface area contributed by atoms with E-state index in [1.54, 1.807) is 18.4 Å². The zero-order valence-electron chi connectivity index (χ0n) is 8.10. The van der Waals surface area contributed by atoms with Crippen LogP contribution in [0.15, 0.2) is 20.1 Å². The molecule has 1 rings (SSSR count). The van der Waals surface area contributed by atoms with E-state index in [0.717, 1.165) is 11.3 Å². The second kappa shape index (κ2) is 5.40. The number of hydrogen-bond acceptors (Lipinski definition) is 4. The van der Waals surface area contributed by atoms with Crippen molar-refractivity contribution in [3.63, 3.8) is 0 Å². The largest absolute Gasteiger partial charge is 0.396 e. The fourth-order valence-electron chi connectivity index (χ4n) is 1.04. The number of thiophene rings is 1. The van der Waals surface area contributed by atoms with E-state index in [1.165, 1.54) is 0 Å². The summed E-state index contributed by atoms with van der Waals surface area (Å²) in [5.41, 5.74) is 0. The van der Waals surface area contributed by atoms with Crippen molar-refractivity contribution in [2.75, 3.05) is 6.61 Å². The van der Waals surface area contributed by atoms with Crippen LogP contribution in [0.25, 0.3) is 0 Å². The van der Waals surface area contributed by atoms with Crippen molar-refractivity contribution < 1.29 is 13.5 Å². The van der Waals surface area contributed by atoms with Crippen molar-refractivity contribution in [2.45, 2.75) is 23.6 Å². The molecule has 0 saturated heterocycles. The average molecular weight is 314 g/mol. The minimum atomic E-state index is -3.46. The highest BCUT2D eigenvalue weighted by Gasteiger charge is 2.20. The Morgan fingerprint density at radius 1 is 1.67 bits per heavy atom. The number of halogens is 1. The molecular formula is C8H12BrNO3S2. The Morgan fingerprint density at radius 2 is 2.33 bits per heavy atom. The Bertz CT molecular complexity index is 415. The molecule has 1 unspecified atom stereocenters. The van der Waals surface area contributed by atoms with Crippen molar-refractivity contribution >= 4 is 37.3 Å². The maximum absolute atomic E-state index is 11.8. The van der Waals surface area contributed by atoms with E-state index in [0.29, 0.717) is 10.9 Å². The summed E-state index contributed by atoms with van der Waals surface area (Å²) in [7, 11) is -3.46. The standard InChI is InChI=1S/C8H12BrNO3S2/c1-6(2-4-11)10-15(12,13)8-7(9)3-5-14-8/h3,5-6,10-11H,2,4H2,1H3. The fourth-order valence-corrected chi connectivity index (χ4v) is 4.67. The molecular weight excluding hydrogens is 302 g/mol.